The lowest BCUT2D eigenvalue weighted by Crippen LogP contribution is -2.32. The number of hydrogen-bond donors (Lipinski definition) is 1. The molecule has 3 aliphatic rings. The molecular formula is C25H27FN4O3S. The molecule has 6 rings (SSSR count). The Labute approximate surface area is 200 Å². The van der Waals surface area contributed by atoms with Crippen molar-refractivity contribution in [3.63, 3.8) is 0 Å². The fourth-order valence-electron chi connectivity index (χ4n) is 4.69. The molecule has 3 aromatic rings. The second-order valence-electron chi connectivity index (χ2n) is 9.11. The minimum atomic E-state index is -0.371. The van der Waals surface area contributed by atoms with E-state index in [-0.39, 0.29) is 34.8 Å². The summed E-state index contributed by atoms with van der Waals surface area (Å²) < 4.78 is 36.8. The van der Waals surface area contributed by atoms with Crippen LogP contribution in [0.25, 0.3) is 10.9 Å². The van der Waals surface area contributed by atoms with E-state index in [0.717, 1.165) is 33.8 Å². The molecule has 0 bridgehead atoms. The van der Waals surface area contributed by atoms with Gasteiger partial charge < -0.3 is 19.5 Å². The normalized spacial score (nSPS) is 25.0. The Morgan fingerprint density at radius 1 is 1.15 bits per heavy atom. The number of aromatic nitrogens is 2. The lowest BCUT2D eigenvalue weighted by Gasteiger charge is -2.21. The zero-order valence-electron chi connectivity index (χ0n) is 19.2. The quantitative estimate of drug-likeness (QED) is 0.534. The van der Waals surface area contributed by atoms with Crippen LogP contribution in [0.3, 0.4) is 0 Å². The van der Waals surface area contributed by atoms with Crippen LogP contribution in [0.15, 0.2) is 41.0 Å². The number of halogens is 1. The topological polar surface area (TPSA) is 77.9 Å². The van der Waals surface area contributed by atoms with Gasteiger partial charge in [-0.1, -0.05) is 10.7 Å². The number of nitrogens with zero attached hydrogens (tertiary/aromatic N) is 3. The molecule has 2 aliphatic heterocycles. The van der Waals surface area contributed by atoms with Gasteiger partial charge in [0.1, 0.15) is 29.8 Å². The number of rotatable bonds is 6. The van der Waals surface area contributed by atoms with Crippen molar-refractivity contribution in [3.8, 4) is 5.75 Å². The predicted molar refractivity (Wildman–Crippen MR) is 131 cm³/mol. The molecule has 7 nitrogen and oxygen atoms in total. The Bertz CT molecular complexity index is 1280. The van der Waals surface area contributed by atoms with Crippen molar-refractivity contribution in [1.82, 2.24) is 9.97 Å². The molecule has 1 N–H and O–H groups in total. The van der Waals surface area contributed by atoms with Crippen molar-refractivity contribution in [1.29, 1.82) is 0 Å². The Morgan fingerprint density at radius 3 is 2.88 bits per heavy atom. The highest BCUT2D eigenvalue weighted by atomic mass is 32.2. The van der Waals surface area contributed by atoms with E-state index in [2.05, 4.69) is 27.6 Å². The van der Waals surface area contributed by atoms with E-state index >= 15 is 0 Å². The summed E-state index contributed by atoms with van der Waals surface area (Å²) in [6, 6.07) is 8.55. The monoisotopic (exact) mass is 482 g/mol. The van der Waals surface area contributed by atoms with Gasteiger partial charge in [0.25, 0.3) is 0 Å². The lowest BCUT2D eigenvalue weighted by atomic mass is 10.1. The molecule has 3 unspecified atom stereocenters. The summed E-state index contributed by atoms with van der Waals surface area (Å²) in [4.78, 5) is 8.99. The maximum Gasteiger partial charge on any atom is 0.151 e. The lowest BCUT2D eigenvalue weighted by molar-refractivity contribution is 0.0310. The van der Waals surface area contributed by atoms with Crippen molar-refractivity contribution in [2.45, 2.75) is 49.7 Å². The van der Waals surface area contributed by atoms with Crippen molar-refractivity contribution in [3.05, 3.63) is 48.0 Å². The van der Waals surface area contributed by atoms with Gasteiger partial charge in [-0.3, -0.25) is 0 Å². The Morgan fingerprint density at radius 2 is 2.03 bits per heavy atom. The summed E-state index contributed by atoms with van der Waals surface area (Å²) in [5.41, 5.74) is 3.42. The highest BCUT2D eigenvalue weighted by Gasteiger charge is 2.43. The van der Waals surface area contributed by atoms with Gasteiger partial charge in [-0.15, -0.1) is 0 Å². The molecule has 1 aliphatic carbocycles. The van der Waals surface area contributed by atoms with Crippen LogP contribution in [0.4, 0.5) is 21.6 Å². The number of aryl methyl sites for hydroxylation is 1. The molecule has 0 radical (unpaired) electrons. The third-order valence-corrected chi connectivity index (χ3v) is 8.51. The van der Waals surface area contributed by atoms with Gasteiger partial charge in [-0.25, -0.2) is 18.7 Å². The molecule has 0 amide bonds. The molecule has 3 fully saturated rings. The maximum atomic E-state index is 14.1. The number of hydrogen-bond acceptors (Lipinski definition) is 7. The molecule has 2 saturated heterocycles. The van der Waals surface area contributed by atoms with Crippen LogP contribution >= 0.6 is 0 Å². The number of anilines is 2. The summed E-state index contributed by atoms with van der Waals surface area (Å²) >= 11 is 0. The highest BCUT2D eigenvalue weighted by molar-refractivity contribution is 7.87. The summed E-state index contributed by atoms with van der Waals surface area (Å²) in [7, 11) is 0.0337. The van der Waals surface area contributed by atoms with E-state index in [1.54, 1.807) is 6.07 Å². The van der Waals surface area contributed by atoms with E-state index in [9.17, 15) is 4.39 Å². The minimum absolute atomic E-state index is 0.0337. The average molecular weight is 483 g/mol. The number of nitrogens with one attached hydrogen (secondary N) is 1. The van der Waals surface area contributed by atoms with E-state index in [1.165, 1.54) is 31.3 Å². The summed E-state index contributed by atoms with van der Waals surface area (Å²) in [5.74, 6) is 0.671. The van der Waals surface area contributed by atoms with Crippen LogP contribution in [0.1, 0.15) is 24.8 Å². The first kappa shape index (κ1) is 21.9. The van der Waals surface area contributed by atoms with E-state index in [1.807, 2.05) is 13.0 Å². The average Bonchev–Trinajstić information content (AvgIpc) is 3.45. The molecule has 4 atom stereocenters. The molecule has 1 aromatic heterocycles. The van der Waals surface area contributed by atoms with Crippen LogP contribution in [0.2, 0.25) is 0 Å². The summed E-state index contributed by atoms with van der Waals surface area (Å²) in [5, 5.41) is 4.99. The molecular weight excluding hydrogens is 455 g/mol. The van der Waals surface area contributed by atoms with Gasteiger partial charge in [-0.05, 0) is 62.3 Å². The van der Waals surface area contributed by atoms with Gasteiger partial charge in [0.05, 0.1) is 29.6 Å². The number of ether oxygens (including phenoxy) is 3. The number of benzene rings is 2. The molecule has 3 heterocycles. The minimum Gasteiger partial charge on any atom is -0.483 e. The van der Waals surface area contributed by atoms with Gasteiger partial charge in [0.15, 0.2) is 6.10 Å². The van der Waals surface area contributed by atoms with E-state index < -0.39 is 0 Å². The fraction of sp³-hybridized carbons (Fsp3) is 0.440. The van der Waals surface area contributed by atoms with Crippen LogP contribution in [-0.2, 0) is 20.2 Å². The SMILES string of the molecule is Cc1cc(N=S(C)C2CC2)cc2ncnc(Nc3ccc(F)cc3OC3CO[C@@H]4CCOC34)c12. The third kappa shape index (κ3) is 4.28. The van der Waals surface area contributed by atoms with Crippen LogP contribution < -0.4 is 10.1 Å². The van der Waals surface area contributed by atoms with Crippen LogP contribution in [0, 0.1) is 12.7 Å². The molecule has 9 heteroatoms. The molecule has 2 aromatic carbocycles. The first-order valence-corrected chi connectivity index (χ1v) is 13.3. The number of fused-ring (bicyclic) bond motifs is 2. The van der Waals surface area contributed by atoms with E-state index in [0.29, 0.717) is 30.5 Å². The fourth-order valence-corrected chi connectivity index (χ4v) is 6.09. The zero-order valence-corrected chi connectivity index (χ0v) is 20.0. The largest absolute Gasteiger partial charge is 0.483 e. The molecule has 34 heavy (non-hydrogen) atoms. The Hall–Kier alpha value is -2.62. The standard InChI is InChI=1S/C25H27FN4O3S/c1-14-9-16(30-34(2)17-4-5-17)11-19-23(14)25(28-13-27-19)29-18-6-3-15(26)10-21(18)33-22-12-32-20-7-8-31-24(20)22/h3,6,9-11,13,17,20,22,24H,4-5,7-8,12H2,1-2H3,(H,27,28,29)/t20-,22?,24?,34?/m1/s1. The third-order valence-electron chi connectivity index (χ3n) is 6.57. The van der Waals surface area contributed by atoms with Gasteiger partial charge in [-0.2, -0.15) is 0 Å². The van der Waals surface area contributed by atoms with Crippen LogP contribution in [-0.4, -0.2) is 53.0 Å². The predicted octanol–water partition coefficient (Wildman–Crippen LogP) is 4.98. The first-order valence-electron chi connectivity index (χ1n) is 11.6. The second-order valence-corrected chi connectivity index (χ2v) is 11.0. The van der Waals surface area contributed by atoms with E-state index in [4.69, 9.17) is 18.6 Å². The van der Waals surface area contributed by atoms with Crippen LogP contribution in [0.5, 0.6) is 5.75 Å². The van der Waals surface area contributed by atoms with Crippen molar-refractivity contribution in [2.24, 2.45) is 4.36 Å². The van der Waals surface area contributed by atoms with Crippen molar-refractivity contribution >= 4 is 38.8 Å². The second kappa shape index (κ2) is 8.87. The van der Waals surface area contributed by atoms with Gasteiger partial charge in [0.2, 0.25) is 0 Å². The molecule has 1 saturated carbocycles. The van der Waals surface area contributed by atoms with Gasteiger partial charge in [0, 0.05) is 23.3 Å². The molecule has 178 valence electrons. The summed E-state index contributed by atoms with van der Waals surface area (Å²) in [6.07, 6.45) is 6.78. The Balaban J connectivity index is 1.31. The first-order chi connectivity index (χ1) is 16.5. The van der Waals surface area contributed by atoms with Crippen molar-refractivity contribution < 1.29 is 18.6 Å². The molecule has 0 spiro atoms. The smallest absolute Gasteiger partial charge is 0.151 e. The summed E-state index contributed by atoms with van der Waals surface area (Å²) in [6.45, 7) is 3.12. The Kier molecular flexibility index (Phi) is 5.71. The maximum absolute atomic E-state index is 14.1. The zero-order chi connectivity index (χ0) is 23.2. The van der Waals surface area contributed by atoms with Gasteiger partial charge >= 0.3 is 0 Å². The highest BCUT2D eigenvalue weighted by Crippen LogP contribution is 2.37. The van der Waals surface area contributed by atoms with Crippen molar-refractivity contribution in [2.75, 3.05) is 24.8 Å².